The highest BCUT2D eigenvalue weighted by molar-refractivity contribution is 9.10. The van der Waals surface area contributed by atoms with E-state index in [1.165, 1.54) is 5.56 Å². The molecule has 3 nitrogen and oxygen atoms in total. The van der Waals surface area contributed by atoms with Crippen molar-refractivity contribution in [3.63, 3.8) is 0 Å². The molecule has 26 heavy (non-hydrogen) atoms. The molecule has 3 aromatic carbocycles. The molecule has 0 aliphatic rings. The van der Waals surface area contributed by atoms with Crippen LogP contribution >= 0.6 is 15.9 Å². The monoisotopic (exact) mass is 410 g/mol. The van der Waals surface area contributed by atoms with E-state index in [2.05, 4.69) is 15.9 Å². The molecular formula is C22H19BrO3. The Morgan fingerprint density at radius 2 is 1.50 bits per heavy atom. The van der Waals surface area contributed by atoms with Gasteiger partial charge in [-0.3, -0.25) is 0 Å². The van der Waals surface area contributed by atoms with Gasteiger partial charge >= 0.3 is 5.97 Å². The first kappa shape index (κ1) is 18.2. The zero-order valence-corrected chi connectivity index (χ0v) is 16.2. The fourth-order valence-electron chi connectivity index (χ4n) is 2.38. The molecular weight excluding hydrogens is 392 g/mol. The smallest absolute Gasteiger partial charge is 0.343 e. The normalized spacial score (nSPS) is 10.4. The largest absolute Gasteiger partial charge is 0.489 e. The third kappa shape index (κ3) is 4.73. The predicted octanol–water partition coefficient (Wildman–Crippen LogP) is 5.86. The summed E-state index contributed by atoms with van der Waals surface area (Å²) in [4.78, 5) is 12.3. The molecule has 3 aromatic rings. The average molecular weight is 411 g/mol. The summed E-state index contributed by atoms with van der Waals surface area (Å²) >= 11 is 3.39. The maximum atomic E-state index is 12.3. The van der Waals surface area contributed by atoms with Crippen LogP contribution in [0.25, 0.3) is 0 Å². The predicted molar refractivity (Wildman–Crippen MR) is 106 cm³/mol. The van der Waals surface area contributed by atoms with E-state index in [-0.39, 0.29) is 5.97 Å². The lowest BCUT2D eigenvalue weighted by atomic mass is 10.1. The highest BCUT2D eigenvalue weighted by Gasteiger charge is 2.09. The minimum Gasteiger partial charge on any atom is -0.489 e. The summed E-state index contributed by atoms with van der Waals surface area (Å²) < 4.78 is 12.2. The van der Waals surface area contributed by atoms with E-state index in [4.69, 9.17) is 9.47 Å². The van der Waals surface area contributed by atoms with E-state index in [0.717, 1.165) is 21.3 Å². The Kier molecular flexibility index (Phi) is 5.74. The third-order valence-corrected chi connectivity index (χ3v) is 4.63. The van der Waals surface area contributed by atoms with Gasteiger partial charge in [0.1, 0.15) is 18.1 Å². The zero-order valence-electron chi connectivity index (χ0n) is 14.7. The zero-order chi connectivity index (χ0) is 18.5. The summed E-state index contributed by atoms with van der Waals surface area (Å²) in [5.41, 5.74) is 3.75. The molecule has 0 heterocycles. The Morgan fingerprint density at radius 1 is 0.846 bits per heavy atom. The van der Waals surface area contributed by atoms with Crippen LogP contribution in [0.2, 0.25) is 0 Å². The number of carbonyl (C=O) groups excluding carboxylic acids is 1. The molecule has 0 bridgehead atoms. The minimum atomic E-state index is -0.367. The van der Waals surface area contributed by atoms with Crippen molar-refractivity contribution in [2.75, 3.05) is 0 Å². The first-order valence-electron chi connectivity index (χ1n) is 8.28. The fraction of sp³-hybridized carbons (Fsp3) is 0.136. The molecule has 132 valence electrons. The van der Waals surface area contributed by atoms with Crippen LogP contribution in [-0.4, -0.2) is 5.97 Å². The van der Waals surface area contributed by atoms with E-state index in [9.17, 15) is 4.79 Å². The summed E-state index contributed by atoms with van der Waals surface area (Å²) in [5.74, 6) is 0.987. The number of esters is 1. The van der Waals surface area contributed by atoms with Crippen molar-refractivity contribution >= 4 is 21.9 Å². The number of hydrogen-bond acceptors (Lipinski definition) is 3. The number of benzene rings is 3. The molecule has 0 N–H and O–H groups in total. The Hall–Kier alpha value is -2.59. The van der Waals surface area contributed by atoms with Crippen molar-refractivity contribution < 1.29 is 14.3 Å². The van der Waals surface area contributed by atoms with Gasteiger partial charge in [0.15, 0.2) is 0 Å². The van der Waals surface area contributed by atoms with Crippen LogP contribution in [0.3, 0.4) is 0 Å². The second-order valence-corrected chi connectivity index (χ2v) is 6.99. The molecule has 0 saturated heterocycles. The second-order valence-electron chi connectivity index (χ2n) is 6.08. The number of carbonyl (C=O) groups is 1. The Morgan fingerprint density at radius 3 is 2.15 bits per heavy atom. The van der Waals surface area contributed by atoms with Crippen LogP contribution in [0.4, 0.5) is 0 Å². The van der Waals surface area contributed by atoms with Gasteiger partial charge in [-0.05, 0) is 79.1 Å². The summed E-state index contributed by atoms with van der Waals surface area (Å²) in [7, 11) is 0. The van der Waals surface area contributed by atoms with E-state index in [1.807, 2.05) is 62.4 Å². The highest BCUT2D eigenvalue weighted by Crippen LogP contribution is 2.19. The van der Waals surface area contributed by atoms with Gasteiger partial charge in [0.25, 0.3) is 0 Å². The standard InChI is InChI=1S/C22H19BrO3/c1-15-3-10-21(13-16(15)2)26-22(24)18-6-4-17(5-7-18)14-25-20-11-8-19(23)9-12-20/h3-13H,14H2,1-2H3. The Labute approximate surface area is 161 Å². The summed E-state index contributed by atoms with van der Waals surface area (Å²) in [5, 5.41) is 0. The van der Waals surface area contributed by atoms with Crippen molar-refractivity contribution in [1.29, 1.82) is 0 Å². The van der Waals surface area contributed by atoms with Gasteiger partial charge in [0.05, 0.1) is 5.56 Å². The second kappa shape index (κ2) is 8.19. The van der Waals surface area contributed by atoms with Crippen LogP contribution in [0.5, 0.6) is 11.5 Å². The number of rotatable bonds is 5. The van der Waals surface area contributed by atoms with E-state index in [1.54, 1.807) is 18.2 Å². The quantitative estimate of drug-likeness (QED) is 0.390. The van der Waals surface area contributed by atoms with E-state index < -0.39 is 0 Å². The molecule has 0 atom stereocenters. The molecule has 4 heteroatoms. The van der Waals surface area contributed by atoms with Crippen LogP contribution in [-0.2, 0) is 6.61 Å². The SMILES string of the molecule is Cc1ccc(OC(=O)c2ccc(COc3ccc(Br)cc3)cc2)cc1C. The van der Waals surface area contributed by atoms with Gasteiger partial charge in [-0.25, -0.2) is 4.79 Å². The topological polar surface area (TPSA) is 35.5 Å². The summed E-state index contributed by atoms with van der Waals surface area (Å²) in [6, 6.07) is 20.5. The molecule has 3 rings (SSSR count). The van der Waals surface area contributed by atoms with Crippen molar-refractivity contribution in [1.82, 2.24) is 0 Å². The lowest BCUT2D eigenvalue weighted by Crippen LogP contribution is -2.09. The van der Waals surface area contributed by atoms with Gasteiger partial charge in [-0.2, -0.15) is 0 Å². The van der Waals surface area contributed by atoms with Crippen LogP contribution in [0, 0.1) is 13.8 Å². The average Bonchev–Trinajstić information content (AvgIpc) is 2.65. The first-order chi connectivity index (χ1) is 12.5. The van der Waals surface area contributed by atoms with Gasteiger partial charge in [-0.1, -0.05) is 34.1 Å². The molecule has 0 amide bonds. The van der Waals surface area contributed by atoms with Gasteiger partial charge in [0.2, 0.25) is 0 Å². The number of hydrogen-bond donors (Lipinski definition) is 0. The molecule has 0 spiro atoms. The molecule has 0 aliphatic carbocycles. The number of ether oxygens (including phenoxy) is 2. The summed E-state index contributed by atoms with van der Waals surface area (Å²) in [6.07, 6.45) is 0. The van der Waals surface area contributed by atoms with E-state index >= 15 is 0 Å². The first-order valence-corrected chi connectivity index (χ1v) is 9.07. The van der Waals surface area contributed by atoms with Crippen molar-refractivity contribution in [2.24, 2.45) is 0 Å². The maximum absolute atomic E-state index is 12.3. The van der Waals surface area contributed by atoms with Crippen molar-refractivity contribution in [3.05, 3.63) is 93.5 Å². The lowest BCUT2D eigenvalue weighted by molar-refractivity contribution is 0.0734. The molecule has 0 aliphatic heterocycles. The number of aryl methyl sites for hydroxylation is 2. The molecule has 0 unspecified atom stereocenters. The lowest BCUT2D eigenvalue weighted by Gasteiger charge is -2.08. The van der Waals surface area contributed by atoms with Crippen LogP contribution in [0.1, 0.15) is 27.0 Å². The maximum Gasteiger partial charge on any atom is 0.343 e. The van der Waals surface area contributed by atoms with Crippen molar-refractivity contribution in [2.45, 2.75) is 20.5 Å². The van der Waals surface area contributed by atoms with Crippen LogP contribution < -0.4 is 9.47 Å². The minimum absolute atomic E-state index is 0.367. The fourth-order valence-corrected chi connectivity index (χ4v) is 2.64. The Bertz CT molecular complexity index is 900. The summed E-state index contributed by atoms with van der Waals surface area (Å²) in [6.45, 7) is 4.46. The Balaban J connectivity index is 1.60. The van der Waals surface area contributed by atoms with Gasteiger partial charge < -0.3 is 9.47 Å². The highest BCUT2D eigenvalue weighted by atomic mass is 79.9. The van der Waals surface area contributed by atoms with E-state index in [0.29, 0.717) is 17.9 Å². The molecule has 0 saturated carbocycles. The molecule has 0 fully saturated rings. The number of halogens is 1. The van der Waals surface area contributed by atoms with Crippen molar-refractivity contribution in [3.8, 4) is 11.5 Å². The molecule has 0 radical (unpaired) electrons. The van der Waals surface area contributed by atoms with Gasteiger partial charge in [-0.15, -0.1) is 0 Å². The third-order valence-electron chi connectivity index (χ3n) is 4.10. The van der Waals surface area contributed by atoms with Gasteiger partial charge in [0, 0.05) is 4.47 Å². The molecule has 0 aromatic heterocycles. The van der Waals surface area contributed by atoms with Crippen LogP contribution in [0.15, 0.2) is 71.2 Å².